The summed E-state index contributed by atoms with van der Waals surface area (Å²) < 4.78 is 84.2. The second-order valence-electron chi connectivity index (χ2n) is 14.4. The molecule has 344 valence electrons. The molecule has 2 rings (SSSR count). The maximum atomic E-state index is 10.1. The Morgan fingerprint density at radius 2 is 0.831 bits per heavy atom. The number of hydrogen-bond acceptors (Lipinski definition) is 19. The van der Waals surface area contributed by atoms with Crippen LogP contribution < -0.4 is 59.1 Å². The molecule has 8 N–H and O–H groups in total. The predicted octanol–water partition coefficient (Wildman–Crippen LogP) is -4.62. The molecule has 0 aromatic carbocycles. The van der Waals surface area contributed by atoms with Gasteiger partial charge in [0, 0.05) is 0 Å². The van der Waals surface area contributed by atoms with Gasteiger partial charge in [-0.2, -0.15) is 0 Å². The largest absolute Gasteiger partial charge is 1.00 e. The van der Waals surface area contributed by atoms with Gasteiger partial charge in [-0.3, -0.25) is 8.37 Å². The maximum Gasteiger partial charge on any atom is 1.00 e. The van der Waals surface area contributed by atoms with Crippen molar-refractivity contribution in [2.45, 2.75) is 204 Å². The number of aliphatic hydroxyl groups excluding tert-OH is 8. The van der Waals surface area contributed by atoms with Crippen LogP contribution in [0.3, 0.4) is 0 Å². The van der Waals surface area contributed by atoms with E-state index in [1.165, 1.54) is 89.9 Å². The van der Waals surface area contributed by atoms with Gasteiger partial charge < -0.3 is 64.2 Å². The Bertz CT molecular complexity index is 1120. The number of unbranched alkanes of at least 4 members (excludes halogenated alkanes) is 18. The average molecular weight is 919 g/mol. The third kappa shape index (κ3) is 32.6. The Labute approximate surface area is 396 Å². The predicted molar refractivity (Wildman–Crippen MR) is 204 cm³/mol. The van der Waals surface area contributed by atoms with Gasteiger partial charge in [-0.05, 0) is 12.8 Å². The van der Waals surface area contributed by atoms with Crippen LogP contribution in [0.1, 0.15) is 142 Å². The van der Waals surface area contributed by atoms with Gasteiger partial charge in [0.05, 0.1) is 26.4 Å². The van der Waals surface area contributed by atoms with Crippen molar-refractivity contribution in [1.82, 2.24) is 0 Å². The van der Waals surface area contributed by atoms with E-state index in [-0.39, 0.29) is 72.3 Å². The quantitative estimate of drug-likeness (QED) is 0.0158. The standard InChI is InChI=1S/C12H22O11.2C12H26O4S.2Na/c13-1-3-5(15)6(16)9(19)12(22-3)23-10-4(2-14)21-11(20)8(18)7(10)17;2*1-2-3-4-5-6-7-8-9-10-11-12-16-17(13,14)15;;/h3-20H,1-2H2;2*2-12H2,1H3,(H,13,14,15);;/q;;;2*+1/p-2/t3-,4-,5+,6+,7-,8-,9-,10-,11?,12+;;;;/m1..../s1. The summed E-state index contributed by atoms with van der Waals surface area (Å²) in [4.78, 5) is 0. The van der Waals surface area contributed by atoms with E-state index in [1.807, 2.05) is 0 Å². The minimum absolute atomic E-state index is 0. The first-order chi connectivity index (χ1) is 26.9. The minimum Gasteiger partial charge on any atom is -0.726 e. The van der Waals surface area contributed by atoms with Crippen molar-refractivity contribution in [3.05, 3.63) is 0 Å². The molecule has 0 spiro atoms. The first-order valence-corrected chi connectivity index (χ1v) is 23.1. The fraction of sp³-hybridized carbons (Fsp3) is 1.00. The molecule has 23 heteroatoms. The normalized spacial score (nSPS) is 27.0. The third-order valence-electron chi connectivity index (χ3n) is 9.43. The van der Waals surface area contributed by atoms with Gasteiger partial charge >= 0.3 is 59.1 Å². The summed E-state index contributed by atoms with van der Waals surface area (Å²) in [5, 5.41) is 76.5. The van der Waals surface area contributed by atoms with E-state index in [0.717, 1.165) is 25.7 Å². The third-order valence-corrected chi connectivity index (χ3v) is 10.3. The molecule has 0 saturated carbocycles. The molecule has 0 aromatic heterocycles. The van der Waals surface area contributed by atoms with Crippen LogP contribution in [0.5, 0.6) is 0 Å². The molecule has 10 atom stereocenters. The van der Waals surface area contributed by atoms with Crippen LogP contribution in [0.25, 0.3) is 0 Å². The van der Waals surface area contributed by atoms with Gasteiger partial charge in [-0.15, -0.1) is 0 Å². The molecule has 19 nitrogen and oxygen atoms in total. The molecule has 2 heterocycles. The SMILES string of the molecule is CCCCCCCCCCCCOS(=O)(=O)[O-].CCCCCCCCCCCCOS(=O)(=O)[O-].OC[C@H]1O[C@@H](O[C@H]2[C@H](O)[C@@H](O)C(O)O[C@@H]2CO)[C@H](O)[C@@H](O)[C@H]1O.[Na+].[Na+]. The molecule has 0 aliphatic carbocycles. The smallest absolute Gasteiger partial charge is 0.726 e. The second-order valence-corrected chi connectivity index (χ2v) is 16.5. The molecule has 0 amide bonds. The molecule has 0 radical (unpaired) electrons. The molecule has 2 saturated heterocycles. The zero-order chi connectivity index (χ0) is 43.3. The van der Waals surface area contributed by atoms with Crippen molar-refractivity contribution in [2.75, 3.05) is 26.4 Å². The van der Waals surface area contributed by atoms with E-state index in [0.29, 0.717) is 12.8 Å². The first kappa shape index (κ1) is 64.6. The number of aliphatic hydroxyl groups is 8. The summed E-state index contributed by atoms with van der Waals surface area (Å²) in [5.41, 5.74) is 0. The Hall–Kier alpha value is 1.30. The van der Waals surface area contributed by atoms with Crippen molar-refractivity contribution in [1.29, 1.82) is 0 Å². The van der Waals surface area contributed by atoms with Gasteiger partial charge in [0.15, 0.2) is 12.6 Å². The van der Waals surface area contributed by atoms with Crippen LogP contribution >= 0.6 is 0 Å². The zero-order valence-electron chi connectivity index (χ0n) is 35.6. The van der Waals surface area contributed by atoms with Crippen molar-refractivity contribution in [3.63, 3.8) is 0 Å². The van der Waals surface area contributed by atoms with Gasteiger partial charge in [-0.25, -0.2) is 16.8 Å². The van der Waals surface area contributed by atoms with Crippen molar-refractivity contribution in [3.8, 4) is 0 Å². The van der Waals surface area contributed by atoms with E-state index < -0.39 is 95.4 Å². The zero-order valence-corrected chi connectivity index (χ0v) is 41.3. The average Bonchev–Trinajstić information content (AvgIpc) is 3.15. The molecule has 2 aliphatic rings. The van der Waals surface area contributed by atoms with E-state index in [9.17, 15) is 61.7 Å². The van der Waals surface area contributed by atoms with Crippen LogP contribution in [0.15, 0.2) is 0 Å². The molecular weight excluding hydrogens is 846 g/mol. The Kier molecular flexibility index (Phi) is 42.2. The summed E-state index contributed by atoms with van der Waals surface area (Å²) in [6.07, 6.45) is 7.83. The van der Waals surface area contributed by atoms with Gasteiger partial charge in [0.2, 0.25) is 20.8 Å². The number of ether oxygens (including phenoxy) is 3. The molecule has 0 bridgehead atoms. The summed E-state index contributed by atoms with van der Waals surface area (Å²) in [6, 6.07) is 0. The fourth-order valence-electron chi connectivity index (χ4n) is 6.07. The summed E-state index contributed by atoms with van der Waals surface area (Å²) in [6.45, 7) is 3.14. The first-order valence-electron chi connectivity index (χ1n) is 20.4. The summed E-state index contributed by atoms with van der Waals surface area (Å²) in [7, 11) is -8.97. The number of rotatable bonds is 28. The van der Waals surface area contributed by atoms with Gasteiger partial charge in [-0.1, -0.05) is 129 Å². The van der Waals surface area contributed by atoms with Crippen molar-refractivity contribution in [2.24, 2.45) is 0 Å². The van der Waals surface area contributed by atoms with E-state index in [2.05, 4.69) is 22.2 Å². The Balaban J connectivity index is -0.000000800. The van der Waals surface area contributed by atoms with E-state index in [1.54, 1.807) is 0 Å². The van der Waals surface area contributed by atoms with Crippen LogP contribution in [0.4, 0.5) is 0 Å². The van der Waals surface area contributed by atoms with Crippen molar-refractivity contribution < 1.29 is 148 Å². The Morgan fingerprint density at radius 3 is 1.17 bits per heavy atom. The molecule has 0 aromatic rings. The fourth-order valence-corrected chi connectivity index (χ4v) is 6.71. The minimum atomic E-state index is -4.48. The summed E-state index contributed by atoms with van der Waals surface area (Å²) in [5.74, 6) is 0. The van der Waals surface area contributed by atoms with Gasteiger partial charge in [0.25, 0.3) is 0 Å². The number of hydrogen-bond donors (Lipinski definition) is 8. The molecule has 2 aliphatic heterocycles. The van der Waals surface area contributed by atoms with E-state index in [4.69, 9.17) is 19.3 Å². The topological polar surface area (TPSA) is 322 Å². The van der Waals surface area contributed by atoms with Crippen LogP contribution in [0.2, 0.25) is 0 Å². The molecular formula is C36H72Na2O19S2. The molecule has 59 heavy (non-hydrogen) atoms. The van der Waals surface area contributed by atoms with Crippen LogP contribution in [-0.2, 0) is 43.4 Å². The molecule has 2 fully saturated rings. The van der Waals surface area contributed by atoms with Crippen LogP contribution in [-0.4, -0.2) is 155 Å². The Morgan fingerprint density at radius 1 is 0.475 bits per heavy atom. The van der Waals surface area contributed by atoms with Crippen molar-refractivity contribution >= 4 is 20.8 Å². The second kappa shape index (κ2) is 38.6. The monoisotopic (exact) mass is 918 g/mol. The summed E-state index contributed by atoms with van der Waals surface area (Å²) >= 11 is 0. The van der Waals surface area contributed by atoms with Crippen LogP contribution in [0, 0.1) is 0 Å². The maximum absolute atomic E-state index is 10.1. The van der Waals surface area contributed by atoms with Gasteiger partial charge in [0.1, 0.15) is 48.8 Å². The molecule has 1 unspecified atom stereocenters. The van der Waals surface area contributed by atoms with E-state index >= 15 is 0 Å².